The van der Waals surface area contributed by atoms with Crippen molar-refractivity contribution >= 4 is 11.5 Å². The summed E-state index contributed by atoms with van der Waals surface area (Å²) < 4.78 is 2.16. The number of rotatable bonds is 4. The van der Waals surface area contributed by atoms with Gasteiger partial charge in [0.15, 0.2) is 0 Å². The highest BCUT2D eigenvalue weighted by molar-refractivity contribution is 5.42. The summed E-state index contributed by atoms with van der Waals surface area (Å²) in [4.78, 5) is 13.7. The van der Waals surface area contributed by atoms with E-state index >= 15 is 0 Å². The molecular formula is C20H27N5. The van der Waals surface area contributed by atoms with Crippen molar-refractivity contribution in [2.45, 2.75) is 58.3 Å². The van der Waals surface area contributed by atoms with E-state index in [1.165, 1.54) is 5.69 Å². The van der Waals surface area contributed by atoms with Gasteiger partial charge in [0.2, 0.25) is 0 Å². The van der Waals surface area contributed by atoms with Crippen molar-refractivity contribution in [3.8, 4) is 0 Å². The number of pyridine rings is 1. The summed E-state index contributed by atoms with van der Waals surface area (Å²) >= 11 is 0. The first kappa shape index (κ1) is 17.4. The summed E-state index contributed by atoms with van der Waals surface area (Å²) in [7, 11) is 0. The highest BCUT2D eigenvalue weighted by Crippen LogP contribution is 2.30. The molecule has 132 valence electrons. The molecule has 0 atom stereocenters. The number of nitrogens with zero attached hydrogens (tertiary/aromatic N) is 4. The molecular weight excluding hydrogens is 310 g/mol. The van der Waals surface area contributed by atoms with E-state index in [4.69, 9.17) is 10.7 Å². The highest BCUT2D eigenvalue weighted by atomic mass is 15.0. The average molecular weight is 337 g/mol. The van der Waals surface area contributed by atoms with Gasteiger partial charge in [-0.1, -0.05) is 40.7 Å². The van der Waals surface area contributed by atoms with Crippen LogP contribution in [0.5, 0.6) is 0 Å². The molecule has 0 amide bonds. The summed E-state index contributed by atoms with van der Waals surface area (Å²) in [6, 6.07) is 6.08. The molecule has 0 radical (unpaired) electrons. The second-order valence-corrected chi connectivity index (χ2v) is 8.30. The van der Waals surface area contributed by atoms with E-state index in [0.717, 1.165) is 29.9 Å². The maximum absolute atomic E-state index is 6.01. The summed E-state index contributed by atoms with van der Waals surface area (Å²) in [5.74, 6) is 0.525. The normalized spacial score (nSPS) is 12.7. The Morgan fingerprint density at radius 1 is 1.04 bits per heavy atom. The van der Waals surface area contributed by atoms with E-state index < -0.39 is 0 Å². The zero-order valence-corrected chi connectivity index (χ0v) is 15.7. The molecule has 3 heterocycles. The van der Waals surface area contributed by atoms with E-state index in [-0.39, 0.29) is 10.8 Å². The van der Waals surface area contributed by atoms with Crippen LogP contribution < -0.4 is 5.73 Å². The van der Waals surface area contributed by atoms with E-state index in [1.54, 1.807) is 6.20 Å². The lowest BCUT2D eigenvalue weighted by Gasteiger charge is -2.25. The van der Waals surface area contributed by atoms with Crippen molar-refractivity contribution in [3.05, 3.63) is 53.9 Å². The third kappa shape index (κ3) is 3.50. The molecule has 0 aliphatic heterocycles. The lowest BCUT2D eigenvalue weighted by Crippen LogP contribution is -2.22. The standard InChI is InChI=1S/C20H27N5/c1-19(2,3)17-18(21)23-12-14(24-17)9-10-20(4,5)15-13-22-16-8-6-7-11-25(15)16/h6-8,11-13H,9-10H2,1-5H3,(H2,21,23). The fraction of sp³-hybridized carbons (Fsp3) is 0.450. The summed E-state index contributed by atoms with van der Waals surface area (Å²) in [5.41, 5.74) is 9.93. The molecule has 5 nitrogen and oxygen atoms in total. The fourth-order valence-corrected chi connectivity index (χ4v) is 3.11. The van der Waals surface area contributed by atoms with Crippen molar-refractivity contribution in [3.63, 3.8) is 0 Å². The monoisotopic (exact) mass is 337 g/mol. The van der Waals surface area contributed by atoms with Gasteiger partial charge in [0.1, 0.15) is 11.5 Å². The minimum Gasteiger partial charge on any atom is -0.382 e. The number of fused-ring (bicyclic) bond motifs is 1. The fourth-order valence-electron chi connectivity index (χ4n) is 3.11. The van der Waals surface area contributed by atoms with Crippen molar-refractivity contribution < 1.29 is 0 Å². The number of nitrogens with two attached hydrogens (primary N) is 1. The van der Waals surface area contributed by atoms with Gasteiger partial charge in [-0.2, -0.15) is 0 Å². The van der Waals surface area contributed by atoms with Crippen molar-refractivity contribution in [2.24, 2.45) is 0 Å². The number of imidazole rings is 1. The molecule has 0 unspecified atom stereocenters. The summed E-state index contributed by atoms with van der Waals surface area (Å²) in [6.45, 7) is 10.8. The first-order valence-electron chi connectivity index (χ1n) is 8.73. The lowest BCUT2D eigenvalue weighted by atomic mass is 9.84. The van der Waals surface area contributed by atoms with Gasteiger partial charge in [-0.3, -0.25) is 4.98 Å². The quantitative estimate of drug-likeness (QED) is 0.783. The largest absolute Gasteiger partial charge is 0.382 e. The molecule has 0 aliphatic rings. The van der Waals surface area contributed by atoms with Gasteiger partial charge in [-0.05, 0) is 25.0 Å². The van der Waals surface area contributed by atoms with Crippen LogP contribution in [0, 0.1) is 0 Å². The van der Waals surface area contributed by atoms with E-state index in [9.17, 15) is 0 Å². The highest BCUT2D eigenvalue weighted by Gasteiger charge is 2.25. The molecule has 3 aromatic heterocycles. The minimum atomic E-state index is -0.107. The second-order valence-electron chi connectivity index (χ2n) is 8.30. The molecule has 0 bridgehead atoms. The predicted octanol–water partition coefficient (Wildman–Crippen LogP) is 3.91. The van der Waals surface area contributed by atoms with Gasteiger partial charge in [0.05, 0.1) is 17.6 Å². The van der Waals surface area contributed by atoms with Crippen LogP contribution in [-0.2, 0) is 17.3 Å². The van der Waals surface area contributed by atoms with Gasteiger partial charge in [0.25, 0.3) is 0 Å². The van der Waals surface area contributed by atoms with E-state index in [0.29, 0.717) is 5.82 Å². The van der Waals surface area contributed by atoms with Crippen LogP contribution in [0.1, 0.15) is 58.1 Å². The Hall–Kier alpha value is -2.43. The molecule has 0 aliphatic carbocycles. The Labute approximate surface area is 149 Å². The number of hydrogen-bond acceptors (Lipinski definition) is 4. The van der Waals surface area contributed by atoms with Gasteiger partial charge in [-0.15, -0.1) is 0 Å². The maximum atomic E-state index is 6.01. The van der Waals surface area contributed by atoms with Crippen LogP contribution in [0.4, 0.5) is 5.82 Å². The van der Waals surface area contributed by atoms with Crippen LogP contribution in [-0.4, -0.2) is 19.4 Å². The molecule has 5 heteroatoms. The number of anilines is 1. The van der Waals surface area contributed by atoms with Gasteiger partial charge in [-0.25, -0.2) is 9.97 Å². The first-order chi connectivity index (χ1) is 11.7. The second kappa shape index (κ2) is 6.14. The average Bonchev–Trinajstić information content (AvgIpc) is 2.98. The third-order valence-electron chi connectivity index (χ3n) is 4.68. The summed E-state index contributed by atoms with van der Waals surface area (Å²) in [5, 5.41) is 0. The molecule has 2 N–H and O–H groups in total. The maximum Gasteiger partial charge on any atom is 0.145 e. The topological polar surface area (TPSA) is 69.1 Å². The molecule has 0 saturated carbocycles. The Balaban J connectivity index is 1.83. The van der Waals surface area contributed by atoms with Crippen LogP contribution in [0.3, 0.4) is 0 Å². The summed E-state index contributed by atoms with van der Waals surface area (Å²) in [6.07, 6.45) is 7.65. The van der Waals surface area contributed by atoms with Gasteiger partial charge in [0, 0.05) is 28.9 Å². The van der Waals surface area contributed by atoms with Crippen molar-refractivity contribution in [1.29, 1.82) is 0 Å². The Bertz CT molecular complexity index is 886. The number of hydrogen-bond donors (Lipinski definition) is 1. The number of aromatic nitrogens is 4. The minimum absolute atomic E-state index is 0.0221. The van der Waals surface area contributed by atoms with Crippen LogP contribution >= 0.6 is 0 Å². The first-order valence-corrected chi connectivity index (χ1v) is 8.73. The smallest absolute Gasteiger partial charge is 0.145 e. The SMILES string of the molecule is CC(C)(C)c1nc(CCC(C)(C)c2cnc3ccccn23)cnc1N. The Morgan fingerprint density at radius 3 is 2.52 bits per heavy atom. The van der Waals surface area contributed by atoms with E-state index in [1.807, 2.05) is 24.4 Å². The predicted molar refractivity (Wildman–Crippen MR) is 102 cm³/mol. The number of aryl methyl sites for hydroxylation is 1. The Morgan fingerprint density at radius 2 is 1.80 bits per heavy atom. The van der Waals surface area contributed by atoms with Crippen LogP contribution in [0.15, 0.2) is 36.8 Å². The third-order valence-corrected chi connectivity index (χ3v) is 4.68. The van der Waals surface area contributed by atoms with Crippen molar-refractivity contribution in [2.75, 3.05) is 5.73 Å². The Kier molecular flexibility index (Phi) is 4.27. The zero-order chi connectivity index (χ0) is 18.2. The number of nitrogen functional groups attached to an aromatic ring is 1. The van der Waals surface area contributed by atoms with Crippen LogP contribution in [0.2, 0.25) is 0 Å². The molecule has 0 aromatic carbocycles. The lowest BCUT2D eigenvalue weighted by molar-refractivity contribution is 0.458. The van der Waals surface area contributed by atoms with E-state index in [2.05, 4.69) is 55.2 Å². The molecule has 0 spiro atoms. The molecule has 3 aromatic rings. The zero-order valence-electron chi connectivity index (χ0n) is 15.7. The molecule has 0 saturated heterocycles. The van der Waals surface area contributed by atoms with Crippen LogP contribution in [0.25, 0.3) is 5.65 Å². The molecule has 3 rings (SSSR count). The van der Waals surface area contributed by atoms with Crippen molar-refractivity contribution in [1.82, 2.24) is 19.4 Å². The molecule has 25 heavy (non-hydrogen) atoms. The van der Waals surface area contributed by atoms with Gasteiger partial charge < -0.3 is 10.1 Å². The van der Waals surface area contributed by atoms with Gasteiger partial charge >= 0.3 is 0 Å². The molecule has 0 fully saturated rings.